The SMILES string of the molecule is COc1ccccc1CCC(=O)Nc1ccc2c(c1)NC(=O)[C@H](C)O2. The molecule has 6 nitrogen and oxygen atoms in total. The highest BCUT2D eigenvalue weighted by atomic mass is 16.5. The Morgan fingerprint density at radius 3 is 2.88 bits per heavy atom. The van der Waals surface area contributed by atoms with Crippen molar-refractivity contribution in [1.82, 2.24) is 0 Å². The Labute approximate surface area is 146 Å². The summed E-state index contributed by atoms with van der Waals surface area (Å²) in [5.74, 6) is 1.06. The number of amides is 2. The zero-order valence-corrected chi connectivity index (χ0v) is 14.2. The van der Waals surface area contributed by atoms with Crippen LogP contribution in [0.2, 0.25) is 0 Å². The first kappa shape index (κ1) is 16.8. The molecule has 3 rings (SSSR count). The molecule has 0 bridgehead atoms. The van der Waals surface area contributed by atoms with E-state index in [0.717, 1.165) is 11.3 Å². The van der Waals surface area contributed by atoms with E-state index in [9.17, 15) is 9.59 Å². The molecule has 2 aromatic rings. The van der Waals surface area contributed by atoms with Gasteiger partial charge in [-0.05, 0) is 43.2 Å². The molecule has 0 saturated carbocycles. The van der Waals surface area contributed by atoms with Crippen molar-refractivity contribution >= 4 is 23.2 Å². The van der Waals surface area contributed by atoms with Gasteiger partial charge in [-0.25, -0.2) is 0 Å². The summed E-state index contributed by atoms with van der Waals surface area (Å²) in [5.41, 5.74) is 2.16. The minimum absolute atomic E-state index is 0.109. The average molecular weight is 340 g/mol. The van der Waals surface area contributed by atoms with E-state index in [1.54, 1.807) is 32.2 Å². The molecule has 0 unspecified atom stereocenters. The summed E-state index contributed by atoms with van der Waals surface area (Å²) in [4.78, 5) is 23.9. The van der Waals surface area contributed by atoms with Gasteiger partial charge in [0, 0.05) is 12.1 Å². The van der Waals surface area contributed by atoms with Gasteiger partial charge in [-0.1, -0.05) is 18.2 Å². The van der Waals surface area contributed by atoms with Crippen molar-refractivity contribution in [3.63, 3.8) is 0 Å². The lowest BCUT2D eigenvalue weighted by molar-refractivity contribution is -0.122. The van der Waals surface area contributed by atoms with Crippen LogP contribution < -0.4 is 20.1 Å². The van der Waals surface area contributed by atoms with Crippen LogP contribution in [-0.2, 0) is 16.0 Å². The van der Waals surface area contributed by atoms with Crippen LogP contribution >= 0.6 is 0 Å². The Kier molecular flexibility index (Phi) is 4.88. The Hall–Kier alpha value is -3.02. The number of rotatable bonds is 5. The van der Waals surface area contributed by atoms with Crippen molar-refractivity contribution in [3.05, 3.63) is 48.0 Å². The van der Waals surface area contributed by atoms with Gasteiger partial charge in [0.2, 0.25) is 5.91 Å². The number of nitrogens with one attached hydrogen (secondary N) is 2. The molecule has 0 aliphatic carbocycles. The monoisotopic (exact) mass is 340 g/mol. The number of methoxy groups -OCH3 is 1. The minimum Gasteiger partial charge on any atom is -0.496 e. The second-order valence-corrected chi connectivity index (χ2v) is 5.82. The minimum atomic E-state index is -0.520. The topological polar surface area (TPSA) is 76.7 Å². The quantitative estimate of drug-likeness (QED) is 0.877. The number of carbonyl (C=O) groups is 2. The normalized spacial score (nSPS) is 15.6. The maximum absolute atomic E-state index is 12.2. The van der Waals surface area contributed by atoms with Gasteiger partial charge in [-0.15, -0.1) is 0 Å². The Morgan fingerprint density at radius 2 is 2.08 bits per heavy atom. The predicted octanol–water partition coefficient (Wildman–Crippen LogP) is 2.99. The fourth-order valence-electron chi connectivity index (χ4n) is 2.67. The van der Waals surface area contributed by atoms with Crippen molar-refractivity contribution in [2.45, 2.75) is 25.9 Å². The fourth-order valence-corrected chi connectivity index (χ4v) is 2.67. The Bertz CT molecular complexity index is 804. The van der Waals surface area contributed by atoms with E-state index >= 15 is 0 Å². The third-order valence-electron chi connectivity index (χ3n) is 4.01. The summed E-state index contributed by atoms with van der Waals surface area (Å²) >= 11 is 0. The molecular weight excluding hydrogens is 320 g/mol. The Balaban J connectivity index is 1.62. The lowest BCUT2D eigenvalue weighted by Gasteiger charge is -2.23. The first-order valence-electron chi connectivity index (χ1n) is 8.10. The van der Waals surface area contributed by atoms with E-state index in [2.05, 4.69) is 10.6 Å². The number of anilines is 2. The van der Waals surface area contributed by atoms with E-state index in [4.69, 9.17) is 9.47 Å². The van der Waals surface area contributed by atoms with Crippen LogP contribution in [0.15, 0.2) is 42.5 Å². The molecule has 1 aliphatic rings. The van der Waals surface area contributed by atoms with E-state index in [0.29, 0.717) is 30.0 Å². The molecule has 1 atom stereocenters. The van der Waals surface area contributed by atoms with Crippen LogP contribution in [0.25, 0.3) is 0 Å². The van der Waals surface area contributed by atoms with Crippen molar-refractivity contribution in [3.8, 4) is 11.5 Å². The zero-order chi connectivity index (χ0) is 17.8. The number of ether oxygens (including phenoxy) is 2. The molecule has 1 heterocycles. The van der Waals surface area contributed by atoms with Crippen LogP contribution in [0.3, 0.4) is 0 Å². The van der Waals surface area contributed by atoms with Gasteiger partial charge in [-0.2, -0.15) is 0 Å². The second kappa shape index (κ2) is 7.25. The molecule has 0 spiro atoms. The molecular formula is C19H20N2O4. The standard InChI is InChI=1S/C19H20N2O4/c1-12-19(23)21-15-11-14(8-9-17(15)25-12)20-18(22)10-7-13-5-3-4-6-16(13)24-2/h3-6,8-9,11-12H,7,10H2,1-2H3,(H,20,22)(H,21,23)/t12-/m0/s1. The first-order chi connectivity index (χ1) is 12.1. The van der Waals surface area contributed by atoms with Gasteiger partial charge in [0.1, 0.15) is 11.5 Å². The molecule has 0 saturated heterocycles. The molecule has 0 fully saturated rings. The summed E-state index contributed by atoms with van der Waals surface area (Å²) < 4.78 is 10.8. The number of aryl methyl sites for hydroxylation is 1. The molecule has 6 heteroatoms. The lowest BCUT2D eigenvalue weighted by atomic mass is 10.1. The van der Waals surface area contributed by atoms with Crippen LogP contribution in [-0.4, -0.2) is 25.0 Å². The maximum Gasteiger partial charge on any atom is 0.265 e. The average Bonchev–Trinajstić information content (AvgIpc) is 2.61. The number of benzene rings is 2. The smallest absolute Gasteiger partial charge is 0.265 e. The largest absolute Gasteiger partial charge is 0.496 e. The number of carbonyl (C=O) groups excluding carboxylic acids is 2. The summed E-state index contributed by atoms with van der Waals surface area (Å²) in [5, 5.41) is 5.60. The van der Waals surface area contributed by atoms with Gasteiger partial charge >= 0.3 is 0 Å². The molecule has 2 aromatic carbocycles. The van der Waals surface area contributed by atoms with Gasteiger partial charge in [0.15, 0.2) is 6.10 Å². The summed E-state index contributed by atoms with van der Waals surface area (Å²) in [7, 11) is 1.61. The number of para-hydroxylation sites is 1. The van der Waals surface area contributed by atoms with E-state index < -0.39 is 6.10 Å². The highest BCUT2D eigenvalue weighted by Crippen LogP contribution is 2.32. The number of hydrogen-bond acceptors (Lipinski definition) is 4. The summed E-state index contributed by atoms with van der Waals surface area (Å²) in [6.07, 6.45) is 0.393. The van der Waals surface area contributed by atoms with Crippen LogP contribution in [0.4, 0.5) is 11.4 Å². The van der Waals surface area contributed by atoms with E-state index in [1.165, 1.54) is 0 Å². The van der Waals surface area contributed by atoms with Crippen molar-refractivity contribution in [2.24, 2.45) is 0 Å². The van der Waals surface area contributed by atoms with Gasteiger partial charge in [0.25, 0.3) is 5.91 Å². The molecule has 130 valence electrons. The summed E-state index contributed by atoms with van der Waals surface area (Å²) in [6, 6.07) is 12.8. The van der Waals surface area contributed by atoms with Crippen LogP contribution in [0.1, 0.15) is 18.9 Å². The highest BCUT2D eigenvalue weighted by molar-refractivity contribution is 5.99. The molecule has 2 N–H and O–H groups in total. The summed E-state index contributed by atoms with van der Waals surface area (Å²) in [6.45, 7) is 1.69. The van der Waals surface area contributed by atoms with Crippen LogP contribution in [0, 0.1) is 0 Å². The molecule has 0 aromatic heterocycles. The van der Waals surface area contributed by atoms with E-state index in [1.807, 2.05) is 24.3 Å². The fraction of sp³-hybridized carbons (Fsp3) is 0.263. The van der Waals surface area contributed by atoms with Crippen LogP contribution in [0.5, 0.6) is 11.5 Å². The predicted molar refractivity (Wildman–Crippen MR) is 95.1 cm³/mol. The highest BCUT2D eigenvalue weighted by Gasteiger charge is 2.23. The van der Waals surface area contributed by atoms with Gasteiger partial charge in [-0.3, -0.25) is 9.59 Å². The molecule has 25 heavy (non-hydrogen) atoms. The third-order valence-corrected chi connectivity index (χ3v) is 4.01. The maximum atomic E-state index is 12.2. The number of fused-ring (bicyclic) bond motifs is 1. The number of hydrogen-bond donors (Lipinski definition) is 2. The van der Waals surface area contributed by atoms with Crippen molar-refractivity contribution < 1.29 is 19.1 Å². The first-order valence-corrected chi connectivity index (χ1v) is 8.10. The Morgan fingerprint density at radius 1 is 1.28 bits per heavy atom. The van der Waals surface area contributed by atoms with E-state index in [-0.39, 0.29) is 11.8 Å². The lowest BCUT2D eigenvalue weighted by Crippen LogP contribution is -2.34. The van der Waals surface area contributed by atoms with Crippen molar-refractivity contribution in [2.75, 3.05) is 17.7 Å². The third kappa shape index (κ3) is 3.91. The van der Waals surface area contributed by atoms with Crippen molar-refractivity contribution in [1.29, 1.82) is 0 Å². The molecule has 2 amide bonds. The zero-order valence-electron chi connectivity index (χ0n) is 14.2. The van der Waals surface area contributed by atoms with Gasteiger partial charge in [0.05, 0.1) is 12.8 Å². The molecule has 0 radical (unpaired) electrons. The molecule has 1 aliphatic heterocycles. The van der Waals surface area contributed by atoms with Gasteiger partial charge < -0.3 is 20.1 Å². The second-order valence-electron chi connectivity index (χ2n) is 5.82.